The molecule has 0 aliphatic carbocycles. The van der Waals surface area contributed by atoms with Crippen LogP contribution in [0.25, 0.3) is 0 Å². The van der Waals surface area contributed by atoms with Crippen LogP contribution in [0.4, 0.5) is 0 Å². The number of amides is 2. The van der Waals surface area contributed by atoms with Crippen molar-refractivity contribution in [3.8, 4) is 0 Å². The lowest BCUT2D eigenvalue weighted by Crippen LogP contribution is -2.40. The van der Waals surface area contributed by atoms with E-state index in [9.17, 15) is 9.59 Å². The van der Waals surface area contributed by atoms with Crippen LogP contribution in [0.15, 0.2) is 45.5 Å². The van der Waals surface area contributed by atoms with Crippen LogP contribution in [0, 0.1) is 0 Å². The van der Waals surface area contributed by atoms with E-state index in [1.54, 1.807) is 6.07 Å². The maximum absolute atomic E-state index is 12.0. The third-order valence-corrected chi connectivity index (χ3v) is 4.36. The van der Waals surface area contributed by atoms with Gasteiger partial charge >= 0.3 is 0 Å². The first-order valence-corrected chi connectivity index (χ1v) is 8.76. The highest BCUT2D eigenvalue weighted by atomic mass is 79.9. The molecule has 1 aromatic heterocycles. The summed E-state index contributed by atoms with van der Waals surface area (Å²) in [6.07, 6.45) is 0. The summed E-state index contributed by atoms with van der Waals surface area (Å²) in [5.41, 5.74) is 0.930. The van der Waals surface area contributed by atoms with Gasteiger partial charge in [0.05, 0.1) is 12.6 Å². The molecule has 1 atom stereocenters. The lowest BCUT2D eigenvalue weighted by molar-refractivity contribution is -0.120. The summed E-state index contributed by atoms with van der Waals surface area (Å²) >= 11 is 9.36. The van der Waals surface area contributed by atoms with E-state index in [4.69, 9.17) is 16.0 Å². The summed E-state index contributed by atoms with van der Waals surface area (Å²) in [6.45, 7) is 0.234. The number of rotatable bonds is 7. The molecule has 0 aliphatic rings. The molecule has 2 rings (SSSR count). The molecule has 0 spiro atoms. The van der Waals surface area contributed by atoms with Gasteiger partial charge in [0, 0.05) is 11.6 Å². The molecule has 1 aromatic carbocycles. The quantitative estimate of drug-likeness (QED) is 0.711. The highest BCUT2D eigenvalue weighted by Crippen LogP contribution is 2.25. The molecular formula is C17H19BrClN3O3. The van der Waals surface area contributed by atoms with E-state index in [2.05, 4.69) is 26.6 Å². The predicted octanol–water partition coefficient (Wildman–Crippen LogP) is 2.84. The van der Waals surface area contributed by atoms with Crippen molar-refractivity contribution in [3.05, 3.63) is 57.4 Å². The molecule has 0 aliphatic heterocycles. The first-order valence-electron chi connectivity index (χ1n) is 7.59. The first-order chi connectivity index (χ1) is 11.9. The first kappa shape index (κ1) is 19.5. The number of likely N-dealkylation sites (N-methyl/N-ethyl adjacent to an activating group) is 1. The van der Waals surface area contributed by atoms with Crippen molar-refractivity contribution in [3.63, 3.8) is 0 Å². The van der Waals surface area contributed by atoms with Gasteiger partial charge in [-0.1, -0.05) is 29.8 Å². The fourth-order valence-electron chi connectivity index (χ4n) is 2.27. The molecule has 1 heterocycles. The van der Waals surface area contributed by atoms with E-state index < -0.39 is 5.91 Å². The minimum absolute atomic E-state index is 0.0746. The van der Waals surface area contributed by atoms with Gasteiger partial charge in [-0.2, -0.15) is 0 Å². The molecule has 0 radical (unpaired) electrons. The molecule has 2 aromatic rings. The number of benzene rings is 1. The smallest absolute Gasteiger partial charge is 0.287 e. The second kappa shape index (κ2) is 9.03. The summed E-state index contributed by atoms with van der Waals surface area (Å²) in [4.78, 5) is 25.8. The van der Waals surface area contributed by atoms with Crippen LogP contribution in [-0.2, 0) is 4.79 Å². The van der Waals surface area contributed by atoms with Crippen LogP contribution in [0.3, 0.4) is 0 Å². The molecular weight excluding hydrogens is 410 g/mol. The molecule has 0 bridgehead atoms. The zero-order chi connectivity index (χ0) is 18.4. The number of nitrogens with one attached hydrogen (secondary N) is 2. The van der Waals surface area contributed by atoms with Crippen molar-refractivity contribution in [1.29, 1.82) is 0 Å². The Bertz CT molecular complexity index is 748. The Hall–Kier alpha value is -1.83. The molecule has 0 fully saturated rings. The zero-order valence-corrected chi connectivity index (χ0v) is 16.2. The maximum atomic E-state index is 12.0. The van der Waals surface area contributed by atoms with Crippen molar-refractivity contribution in [2.24, 2.45) is 0 Å². The van der Waals surface area contributed by atoms with Gasteiger partial charge < -0.3 is 20.0 Å². The van der Waals surface area contributed by atoms with Gasteiger partial charge in [-0.05, 0) is 53.8 Å². The molecule has 1 unspecified atom stereocenters. The predicted molar refractivity (Wildman–Crippen MR) is 99.6 cm³/mol. The van der Waals surface area contributed by atoms with Crippen molar-refractivity contribution in [2.75, 3.05) is 27.2 Å². The summed E-state index contributed by atoms with van der Waals surface area (Å²) in [6, 6.07) is 10.6. The molecule has 0 saturated carbocycles. The van der Waals surface area contributed by atoms with E-state index in [1.165, 1.54) is 6.07 Å². The van der Waals surface area contributed by atoms with Crippen LogP contribution in [0.2, 0.25) is 5.02 Å². The number of halogens is 2. The minimum atomic E-state index is -0.448. The van der Waals surface area contributed by atoms with Gasteiger partial charge in [0.1, 0.15) is 0 Å². The highest BCUT2D eigenvalue weighted by Gasteiger charge is 2.18. The molecule has 2 N–H and O–H groups in total. The summed E-state index contributed by atoms with van der Waals surface area (Å²) in [5.74, 6) is -0.601. The second-order valence-corrected chi connectivity index (χ2v) is 6.78. The normalized spacial score (nSPS) is 12.0. The van der Waals surface area contributed by atoms with Crippen LogP contribution in [0.1, 0.15) is 22.2 Å². The fraction of sp³-hybridized carbons (Fsp3) is 0.294. The number of hydrogen-bond donors (Lipinski definition) is 2. The van der Waals surface area contributed by atoms with Gasteiger partial charge in [-0.25, -0.2) is 0 Å². The molecule has 8 heteroatoms. The number of nitrogens with zero attached hydrogens (tertiary/aromatic N) is 1. The van der Waals surface area contributed by atoms with Gasteiger partial charge in [0.15, 0.2) is 10.4 Å². The van der Waals surface area contributed by atoms with Gasteiger partial charge in [0.25, 0.3) is 5.91 Å². The number of hydrogen-bond acceptors (Lipinski definition) is 4. The van der Waals surface area contributed by atoms with Crippen molar-refractivity contribution >= 4 is 39.3 Å². The standard InChI is InChI=1S/C17H19BrClN3O3/c1-22(2)13(11-5-3-4-6-12(11)19)9-20-16(23)10-21-17(24)14-7-8-15(18)25-14/h3-8,13H,9-10H2,1-2H3,(H,20,23)(H,21,24). The lowest BCUT2D eigenvalue weighted by atomic mass is 10.1. The van der Waals surface area contributed by atoms with Crippen LogP contribution in [-0.4, -0.2) is 43.9 Å². The maximum Gasteiger partial charge on any atom is 0.287 e. The van der Waals surface area contributed by atoms with Crippen LogP contribution in [0.5, 0.6) is 0 Å². The van der Waals surface area contributed by atoms with Crippen LogP contribution < -0.4 is 10.6 Å². The average Bonchev–Trinajstić information content (AvgIpc) is 3.00. The molecule has 0 saturated heterocycles. The number of furan rings is 1. The molecule has 134 valence electrons. The minimum Gasteiger partial charge on any atom is -0.444 e. The highest BCUT2D eigenvalue weighted by molar-refractivity contribution is 9.10. The SMILES string of the molecule is CN(C)C(CNC(=O)CNC(=O)c1ccc(Br)o1)c1ccccc1Cl. The summed E-state index contributed by atoms with van der Waals surface area (Å²) < 4.78 is 5.58. The second-order valence-electron chi connectivity index (χ2n) is 5.59. The Morgan fingerprint density at radius 3 is 2.52 bits per heavy atom. The van der Waals surface area contributed by atoms with Crippen molar-refractivity contribution in [2.45, 2.75) is 6.04 Å². The van der Waals surface area contributed by atoms with Crippen molar-refractivity contribution in [1.82, 2.24) is 15.5 Å². The Labute approximate surface area is 159 Å². The summed E-state index contributed by atoms with van der Waals surface area (Å²) in [5, 5.41) is 5.96. The van der Waals surface area contributed by atoms with E-state index in [0.29, 0.717) is 16.2 Å². The summed E-state index contributed by atoms with van der Waals surface area (Å²) in [7, 11) is 3.83. The molecule has 6 nitrogen and oxygen atoms in total. The molecule has 25 heavy (non-hydrogen) atoms. The largest absolute Gasteiger partial charge is 0.444 e. The Morgan fingerprint density at radius 2 is 1.92 bits per heavy atom. The zero-order valence-electron chi connectivity index (χ0n) is 13.9. The molecule has 2 amide bonds. The van der Waals surface area contributed by atoms with Gasteiger partial charge in [-0.3, -0.25) is 9.59 Å². The Kier molecular flexibility index (Phi) is 7.04. The van der Waals surface area contributed by atoms with E-state index in [0.717, 1.165) is 5.56 Å². The third-order valence-electron chi connectivity index (χ3n) is 3.59. The average molecular weight is 429 g/mol. The lowest BCUT2D eigenvalue weighted by Gasteiger charge is -2.26. The fourth-order valence-corrected chi connectivity index (χ4v) is 2.84. The number of carbonyl (C=O) groups excluding carboxylic acids is 2. The Morgan fingerprint density at radius 1 is 1.20 bits per heavy atom. The van der Waals surface area contributed by atoms with E-state index in [-0.39, 0.29) is 24.3 Å². The van der Waals surface area contributed by atoms with Gasteiger partial charge in [0.2, 0.25) is 5.91 Å². The van der Waals surface area contributed by atoms with Crippen molar-refractivity contribution < 1.29 is 14.0 Å². The van der Waals surface area contributed by atoms with E-state index >= 15 is 0 Å². The van der Waals surface area contributed by atoms with Crippen LogP contribution >= 0.6 is 27.5 Å². The van der Waals surface area contributed by atoms with E-state index in [1.807, 2.05) is 43.3 Å². The Balaban J connectivity index is 1.87. The topological polar surface area (TPSA) is 74.6 Å². The number of carbonyl (C=O) groups is 2. The monoisotopic (exact) mass is 427 g/mol. The van der Waals surface area contributed by atoms with Gasteiger partial charge in [-0.15, -0.1) is 0 Å². The third kappa shape index (κ3) is 5.59.